The predicted molar refractivity (Wildman–Crippen MR) is 85.1 cm³/mol. The molecule has 0 aliphatic rings. The third-order valence-electron chi connectivity index (χ3n) is 3.27. The van der Waals surface area contributed by atoms with E-state index in [0.29, 0.717) is 35.9 Å². The van der Waals surface area contributed by atoms with Crippen molar-refractivity contribution in [1.82, 2.24) is 4.90 Å². The lowest BCUT2D eigenvalue weighted by Gasteiger charge is -2.23. The van der Waals surface area contributed by atoms with Crippen LogP contribution in [0.1, 0.15) is 24.2 Å². The molecule has 21 heavy (non-hydrogen) atoms. The number of methoxy groups -OCH3 is 3. The molecule has 0 saturated heterocycles. The Kier molecular flexibility index (Phi) is 6.68. The number of carbonyl (C=O) groups excluding carboxylic acids is 1. The molecule has 5 nitrogen and oxygen atoms in total. The number of benzene rings is 1. The molecule has 0 heterocycles. The van der Waals surface area contributed by atoms with Gasteiger partial charge in [0.1, 0.15) is 0 Å². The van der Waals surface area contributed by atoms with Crippen LogP contribution in [-0.4, -0.2) is 51.5 Å². The van der Waals surface area contributed by atoms with Crippen LogP contribution >= 0.6 is 11.8 Å². The summed E-state index contributed by atoms with van der Waals surface area (Å²) in [6.07, 6.45) is 1.91. The zero-order valence-electron chi connectivity index (χ0n) is 13.5. The largest absolute Gasteiger partial charge is 0.493 e. The Bertz CT molecular complexity index is 501. The van der Waals surface area contributed by atoms with E-state index in [1.165, 1.54) is 11.8 Å². The minimum atomic E-state index is -0.0383. The molecule has 0 saturated carbocycles. The third kappa shape index (κ3) is 3.37. The van der Waals surface area contributed by atoms with Gasteiger partial charge in [-0.25, -0.2) is 0 Å². The van der Waals surface area contributed by atoms with E-state index < -0.39 is 0 Å². The number of ether oxygens (including phenoxy) is 3. The van der Waals surface area contributed by atoms with Crippen LogP contribution in [0.5, 0.6) is 17.2 Å². The average molecular weight is 313 g/mol. The minimum absolute atomic E-state index is 0.0383. The van der Waals surface area contributed by atoms with Crippen LogP contribution < -0.4 is 14.2 Å². The smallest absolute Gasteiger partial charge is 0.255 e. The number of rotatable bonds is 7. The molecule has 118 valence electrons. The van der Waals surface area contributed by atoms with E-state index in [1.54, 1.807) is 32.3 Å². The van der Waals surface area contributed by atoms with Crippen LogP contribution in [0.2, 0.25) is 0 Å². The summed E-state index contributed by atoms with van der Waals surface area (Å²) in [4.78, 5) is 15.2. The second-order valence-electron chi connectivity index (χ2n) is 4.20. The number of hydrogen-bond acceptors (Lipinski definition) is 5. The van der Waals surface area contributed by atoms with Gasteiger partial charge >= 0.3 is 0 Å². The number of carbonyl (C=O) groups is 1. The highest BCUT2D eigenvalue weighted by Gasteiger charge is 2.25. The van der Waals surface area contributed by atoms with Gasteiger partial charge in [0.05, 0.1) is 31.8 Å². The molecule has 0 bridgehead atoms. The van der Waals surface area contributed by atoms with Gasteiger partial charge in [-0.15, -0.1) is 11.8 Å². The highest BCUT2D eigenvalue weighted by Crippen LogP contribution is 2.46. The standard InChI is InChI=1S/C15H23NO4S/c1-7-16(8-2)15(17)10-9-11(18-3)12(19-4)13(20-5)14(10)21-6/h9H,7-8H2,1-6H3. The summed E-state index contributed by atoms with van der Waals surface area (Å²) < 4.78 is 16.1. The highest BCUT2D eigenvalue weighted by atomic mass is 32.2. The predicted octanol–water partition coefficient (Wildman–Crippen LogP) is 2.92. The third-order valence-corrected chi connectivity index (χ3v) is 4.08. The molecule has 0 aromatic heterocycles. The number of nitrogens with zero attached hydrogens (tertiary/aromatic N) is 1. The summed E-state index contributed by atoms with van der Waals surface area (Å²) in [5, 5.41) is 0. The lowest BCUT2D eigenvalue weighted by atomic mass is 10.1. The lowest BCUT2D eigenvalue weighted by molar-refractivity contribution is 0.0768. The first-order valence-corrected chi connectivity index (χ1v) is 7.98. The maximum Gasteiger partial charge on any atom is 0.255 e. The van der Waals surface area contributed by atoms with Crippen LogP contribution in [0.25, 0.3) is 0 Å². The summed E-state index contributed by atoms with van der Waals surface area (Å²) in [6.45, 7) is 5.22. The minimum Gasteiger partial charge on any atom is -0.493 e. The summed E-state index contributed by atoms with van der Waals surface area (Å²) >= 11 is 1.45. The van der Waals surface area contributed by atoms with Gasteiger partial charge in [-0.1, -0.05) is 0 Å². The normalized spacial score (nSPS) is 10.2. The Morgan fingerprint density at radius 2 is 1.67 bits per heavy atom. The van der Waals surface area contributed by atoms with Gasteiger partial charge in [-0.05, 0) is 26.2 Å². The summed E-state index contributed by atoms with van der Waals surface area (Å²) in [5.41, 5.74) is 0.570. The number of amides is 1. The molecular formula is C15H23NO4S. The van der Waals surface area contributed by atoms with Gasteiger partial charge in [0, 0.05) is 13.1 Å². The first-order valence-electron chi connectivity index (χ1n) is 6.75. The highest BCUT2D eigenvalue weighted by molar-refractivity contribution is 7.98. The molecule has 0 atom stereocenters. The van der Waals surface area contributed by atoms with E-state index in [2.05, 4.69) is 0 Å². The van der Waals surface area contributed by atoms with Crippen molar-refractivity contribution in [3.8, 4) is 17.2 Å². The first-order chi connectivity index (χ1) is 10.1. The molecule has 0 fully saturated rings. The SMILES string of the molecule is CCN(CC)C(=O)c1cc(OC)c(OC)c(OC)c1SC. The topological polar surface area (TPSA) is 48.0 Å². The average Bonchev–Trinajstić information content (AvgIpc) is 2.53. The van der Waals surface area contributed by atoms with Crippen molar-refractivity contribution in [3.63, 3.8) is 0 Å². The monoisotopic (exact) mass is 313 g/mol. The molecule has 1 amide bonds. The molecule has 0 aliphatic heterocycles. The van der Waals surface area contributed by atoms with Crippen LogP contribution in [0.4, 0.5) is 0 Å². The van der Waals surface area contributed by atoms with E-state index in [-0.39, 0.29) is 5.91 Å². The zero-order valence-corrected chi connectivity index (χ0v) is 14.3. The quantitative estimate of drug-likeness (QED) is 0.724. The Morgan fingerprint density at radius 3 is 2.05 bits per heavy atom. The molecule has 1 aromatic rings. The Morgan fingerprint density at radius 1 is 1.10 bits per heavy atom. The second-order valence-corrected chi connectivity index (χ2v) is 5.02. The summed E-state index contributed by atoms with van der Waals surface area (Å²) in [6, 6.07) is 1.72. The van der Waals surface area contributed by atoms with Gasteiger partial charge < -0.3 is 19.1 Å². The van der Waals surface area contributed by atoms with Crippen molar-refractivity contribution in [1.29, 1.82) is 0 Å². The first kappa shape index (κ1) is 17.5. The van der Waals surface area contributed by atoms with Crippen LogP contribution in [0.3, 0.4) is 0 Å². The number of hydrogen-bond donors (Lipinski definition) is 0. The van der Waals surface area contributed by atoms with Gasteiger partial charge in [-0.2, -0.15) is 0 Å². The molecule has 0 radical (unpaired) electrons. The Balaban J connectivity index is 3.54. The van der Waals surface area contributed by atoms with E-state index in [4.69, 9.17) is 14.2 Å². The maximum atomic E-state index is 12.7. The zero-order chi connectivity index (χ0) is 16.0. The van der Waals surface area contributed by atoms with Crippen molar-refractivity contribution in [2.45, 2.75) is 18.7 Å². The summed E-state index contributed by atoms with van der Waals surface area (Å²) in [5.74, 6) is 1.48. The molecule has 1 rings (SSSR count). The van der Waals surface area contributed by atoms with Crippen molar-refractivity contribution in [2.75, 3.05) is 40.7 Å². The Hall–Kier alpha value is -1.56. The van der Waals surface area contributed by atoms with Gasteiger partial charge in [0.15, 0.2) is 11.5 Å². The fourth-order valence-corrected chi connectivity index (χ4v) is 2.90. The van der Waals surface area contributed by atoms with Crippen molar-refractivity contribution >= 4 is 17.7 Å². The molecule has 0 N–H and O–H groups in total. The fourth-order valence-electron chi connectivity index (χ4n) is 2.17. The van der Waals surface area contributed by atoms with E-state index in [1.807, 2.05) is 20.1 Å². The molecular weight excluding hydrogens is 290 g/mol. The van der Waals surface area contributed by atoms with E-state index >= 15 is 0 Å². The van der Waals surface area contributed by atoms with Crippen molar-refractivity contribution in [2.24, 2.45) is 0 Å². The molecule has 6 heteroatoms. The Labute approximate surface area is 130 Å². The van der Waals surface area contributed by atoms with Gasteiger partial charge in [0.25, 0.3) is 5.91 Å². The summed E-state index contributed by atoms with van der Waals surface area (Å²) in [7, 11) is 4.65. The molecule has 0 unspecified atom stereocenters. The van der Waals surface area contributed by atoms with Crippen LogP contribution in [0, 0.1) is 0 Å². The van der Waals surface area contributed by atoms with Crippen LogP contribution in [-0.2, 0) is 0 Å². The molecule has 0 spiro atoms. The van der Waals surface area contributed by atoms with Crippen molar-refractivity contribution in [3.05, 3.63) is 11.6 Å². The second kappa shape index (κ2) is 8.02. The molecule has 1 aromatic carbocycles. The maximum absolute atomic E-state index is 12.7. The van der Waals surface area contributed by atoms with Crippen LogP contribution in [0.15, 0.2) is 11.0 Å². The van der Waals surface area contributed by atoms with Gasteiger partial charge in [-0.3, -0.25) is 4.79 Å². The van der Waals surface area contributed by atoms with Crippen molar-refractivity contribution < 1.29 is 19.0 Å². The fraction of sp³-hybridized carbons (Fsp3) is 0.533. The lowest BCUT2D eigenvalue weighted by Crippen LogP contribution is -2.31. The van der Waals surface area contributed by atoms with Gasteiger partial charge in [0.2, 0.25) is 5.75 Å². The van der Waals surface area contributed by atoms with E-state index in [9.17, 15) is 4.79 Å². The number of thioether (sulfide) groups is 1. The van der Waals surface area contributed by atoms with E-state index in [0.717, 1.165) is 4.90 Å². The molecule has 0 aliphatic carbocycles.